The monoisotopic (exact) mass is 297 g/mol. The molecule has 2 aromatic carbocycles. The molecule has 21 heavy (non-hydrogen) atoms. The molecule has 0 aromatic heterocycles. The van der Waals surface area contributed by atoms with Crippen LogP contribution in [0.5, 0.6) is 5.75 Å². The highest BCUT2D eigenvalue weighted by atomic mass is 32.2. The highest BCUT2D eigenvalue weighted by molar-refractivity contribution is 7.98. The fourth-order valence-corrected chi connectivity index (χ4v) is 2.44. The summed E-state index contributed by atoms with van der Waals surface area (Å²) in [5.74, 6) is -0.378. The molecule has 1 unspecified atom stereocenters. The van der Waals surface area contributed by atoms with Gasteiger partial charge in [0, 0.05) is 10.5 Å². The van der Waals surface area contributed by atoms with Crippen LogP contribution in [-0.4, -0.2) is 19.1 Å². The minimum Gasteiger partial charge on any atom is -0.497 e. The fourth-order valence-electron chi connectivity index (χ4n) is 2.03. The zero-order chi connectivity index (χ0) is 15.2. The minimum atomic E-state index is -0.819. The van der Waals surface area contributed by atoms with E-state index in [-0.39, 0.29) is 5.78 Å². The largest absolute Gasteiger partial charge is 0.497 e. The molecule has 0 fully saturated rings. The SMILES string of the molecule is COc1cccc(C(C#N)C(=O)c2ccc(SC)cc2)c1. The van der Waals surface area contributed by atoms with E-state index in [0.717, 1.165) is 4.90 Å². The molecule has 1 atom stereocenters. The molecule has 106 valence electrons. The smallest absolute Gasteiger partial charge is 0.184 e. The van der Waals surface area contributed by atoms with Crippen LogP contribution in [0.3, 0.4) is 0 Å². The Hall–Kier alpha value is -2.25. The van der Waals surface area contributed by atoms with Crippen molar-refractivity contribution in [3.8, 4) is 11.8 Å². The maximum atomic E-state index is 12.5. The van der Waals surface area contributed by atoms with Gasteiger partial charge in [-0.05, 0) is 36.1 Å². The predicted molar refractivity (Wildman–Crippen MR) is 83.9 cm³/mol. The number of rotatable bonds is 5. The van der Waals surface area contributed by atoms with Crippen LogP contribution in [0.1, 0.15) is 21.8 Å². The van der Waals surface area contributed by atoms with E-state index in [0.29, 0.717) is 16.9 Å². The van der Waals surface area contributed by atoms with Crippen LogP contribution in [0.4, 0.5) is 0 Å². The van der Waals surface area contributed by atoms with Gasteiger partial charge in [0.25, 0.3) is 0 Å². The summed E-state index contributed by atoms with van der Waals surface area (Å²) in [4.78, 5) is 13.6. The van der Waals surface area contributed by atoms with Gasteiger partial charge in [-0.1, -0.05) is 24.3 Å². The molecule has 3 nitrogen and oxygen atoms in total. The third-order valence-corrected chi connectivity index (χ3v) is 3.94. The molecule has 0 spiro atoms. The van der Waals surface area contributed by atoms with E-state index in [4.69, 9.17) is 4.74 Å². The molecule has 4 heteroatoms. The van der Waals surface area contributed by atoms with Crippen LogP contribution in [-0.2, 0) is 0 Å². The quantitative estimate of drug-likeness (QED) is 0.620. The second-order valence-corrected chi connectivity index (χ2v) is 5.31. The minimum absolute atomic E-state index is 0.196. The highest BCUT2D eigenvalue weighted by Crippen LogP contribution is 2.25. The molecule has 0 aliphatic carbocycles. The average Bonchev–Trinajstić information content (AvgIpc) is 2.55. The molecule has 0 saturated heterocycles. The third-order valence-electron chi connectivity index (χ3n) is 3.19. The Balaban J connectivity index is 2.31. The summed E-state index contributed by atoms with van der Waals surface area (Å²) in [7, 11) is 1.56. The van der Waals surface area contributed by atoms with E-state index in [1.54, 1.807) is 55.3 Å². The van der Waals surface area contributed by atoms with E-state index in [1.807, 2.05) is 18.4 Å². The van der Waals surface area contributed by atoms with Crippen molar-refractivity contribution in [2.24, 2.45) is 0 Å². The normalized spacial score (nSPS) is 11.5. The second kappa shape index (κ2) is 6.96. The summed E-state index contributed by atoms with van der Waals surface area (Å²) < 4.78 is 5.14. The Labute approximate surface area is 128 Å². The lowest BCUT2D eigenvalue weighted by atomic mass is 9.92. The lowest BCUT2D eigenvalue weighted by Gasteiger charge is -2.10. The number of nitriles is 1. The van der Waals surface area contributed by atoms with Crippen molar-refractivity contribution in [2.75, 3.05) is 13.4 Å². The standard InChI is InChI=1S/C17H15NO2S/c1-20-14-5-3-4-13(10-14)16(11-18)17(19)12-6-8-15(21-2)9-7-12/h3-10,16H,1-2H3. The van der Waals surface area contributed by atoms with E-state index in [2.05, 4.69) is 6.07 Å². The molecule has 0 bridgehead atoms. The molecule has 0 heterocycles. The molecule has 0 amide bonds. The molecule has 0 radical (unpaired) electrons. The maximum Gasteiger partial charge on any atom is 0.184 e. The van der Waals surface area contributed by atoms with Gasteiger partial charge >= 0.3 is 0 Å². The Morgan fingerprint density at radius 1 is 1.24 bits per heavy atom. The van der Waals surface area contributed by atoms with Crippen LogP contribution in [0.25, 0.3) is 0 Å². The lowest BCUT2D eigenvalue weighted by molar-refractivity contribution is 0.0979. The Bertz CT molecular complexity index is 674. The van der Waals surface area contributed by atoms with Gasteiger partial charge in [-0.3, -0.25) is 4.79 Å². The van der Waals surface area contributed by atoms with Crippen LogP contribution in [0.2, 0.25) is 0 Å². The number of hydrogen-bond donors (Lipinski definition) is 0. The lowest BCUT2D eigenvalue weighted by Crippen LogP contribution is -2.11. The summed E-state index contributed by atoms with van der Waals surface area (Å²) >= 11 is 1.61. The van der Waals surface area contributed by atoms with Gasteiger partial charge in [-0.25, -0.2) is 0 Å². The van der Waals surface area contributed by atoms with Crippen molar-refractivity contribution in [3.05, 3.63) is 59.7 Å². The van der Waals surface area contributed by atoms with Gasteiger partial charge in [0.1, 0.15) is 11.7 Å². The van der Waals surface area contributed by atoms with E-state index >= 15 is 0 Å². The Kier molecular flexibility index (Phi) is 5.02. The number of hydrogen-bond acceptors (Lipinski definition) is 4. The zero-order valence-electron chi connectivity index (χ0n) is 11.9. The number of methoxy groups -OCH3 is 1. The summed E-state index contributed by atoms with van der Waals surface area (Å²) in [6.45, 7) is 0. The fraction of sp³-hybridized carbons (Fsp3) is 0.176. The molecule has 0 saturated carbocycles. The van der Waals surface area contributed by atoms with Crippen molar-refractivity contribution in [1.82, 2.24) is 0 Å². The van der Waals surface area contributed by atoms with E-state index < -0.39 is 5.92 Å². The number of carbonyl (C=O) groups excluding carboxylic acids is 1. The Morgan fingerprint density at radius 2 is 1.95 bits per heavy atom. The van der Waals surface area contributed by atoms with E-state index in [9.17, 15) is 10.1 Å². The predicted octanol–water partition coefficient (Wildman–Crippen LogP) is 3.91. The van der Waals surface area contributed by atoms with Crippen molar-refractivity contribution in [3.63, 3.8) is 0 Å². The maximum absolute atomic E-state index is 12.5. The number of benzene rings is 2. The van der Waals surface area contributed by atoms with Crippen molar-refractivity contribution in [1.29, 1.82) is 5.26 Å². The van der Waals surface area contributed by atoms with E-state index in [1.165, 1.54) is 0 Å². The second-order valence-electron chi connectivity index (χ2n) is 4.43. The molecular weight excluding hydrogens is 282 g/mol. The summed E-state index contributed by atoms with van der Waals surface area (Å²) in [6, 6.07) is 16.4. The van der Waals surface area contributed by atoms with Crippen LogP contribution < -0.4 is 4.74 Å². The van der Waals surface area contributed by atoms with Crippen molar-refractivity contribution in [2.45, 2.75) is 10.8 Å². The van der Waals surface area contributed by atoms with Crippen LogP contribution in [0, 0.1) is 11.3 Å². The van der Waals surface area contributed by atoms with Crippen LogP contribution >= 0.6 is 11.8 Å². The first kappa shape index (κ1) is 15.1. The highest BCUT2D eigenvalue weighted by Gasteiger charge is 2.22. The topological polar surface area (TPSA) is 50.1 Å². The molecule has 2 aromatic rings. The molecular formula is C17H15NO2S. The number of ketones is 1. The average molecular weight is 297 g/mol. The first-order chi connectivity index (χ1) is 10.2. The number of carbonyl (C=O) groups is 1. The molecule has 0 N–H and O–H groups in total. The van der Waals surface area contributed by atoms with Crippen molar-refractivity contribution >= 4 is 17.5 Å². The number of thioether (sulfide) groups is 1. The van der Waals surface area contributed by atoms with Gasteiger partial charge in [0.2, 0.25) is 0 Å². The van der Waals surface area contributed by atoms with Crippen LogP contribution in [0.15, 0.2) is 53.4 Å². The number of ether oxygens (including phenoxy) is 1. The van der Waals surface area contributed by atoms with Gasteiger partial charge < -0.3 is 4.74 Å². The Morgan fingerprint density at radius 3 is 2.52 bits per heavy atom. The number of nitrogens with zero attached hydrogens (tertiary/aromatic N) is 1. The molecule has 0 aliphatic heterocycles. The van der Waals surface area contributed by atoms with Crippen molar-refractivity contribution < 1.29 is 9.53 Å². The van der Waals surface area contributed by atoms with Gasteiger partial charge in [0.15, 0.2) is 5.78 Å². The summed E-state index contributed by atoms with van der Waals surface area (Å²) in [5, 5.41) is 9.36. The molecule has 2 rings (SSSR count). The molecule has 0 aliphatic rings. The van der Waals surface area contributed by atoms with Gasteiger partial charge in [-0.15, -0.1) is 11.8 Å². The third kappa shape index (κ3) is 3.45. The first-order valence-corrected chi connectivity index (χ1v) is 7.64. The van der Waals surface area contributed by atoms with Gasteiger partial charge in [-0.2, -0.15) is 5.26 Å². The number of Topliss-reactive ketones (excluding diaryl/α,β-unsaturated/α-hetero) is 1. The first-order valence-electron chi connectivity index (χ1n) is 6.41. The van der Waals surface area contributed by atoms with Gasteiger partial charge in [0.05, 0.1) is 13.2 Å². The zero-order valence-corrected chi connectivity index (χ0v) is 12.7. The summed E-state index contributed by atoms with van der Waals surface area (Å²) in [5.41, 5.74) is 1.19. The summed E-state index contributed by atoms with van der Waals surface area (Å²) in [6.07, 6.45) is 1.98.